The van der Waals surface area contributed by atoms with E-state index in [1.807, 2.05) is 0 Å². The molecule has 0 heterocycles. The van der Waals surface area contributed by atoms with Crippen LogP contribution in [0.5, 0.6) is 0 Å². The van der Waals surface area contributed by atoms with E-state index in [9.17, 15) is 14.7 Å². The first-order chi connectivity index (χ1) is 10.3. The first kappa shape index (κ1) is 16.1. The monoisotopic (exact) mass is 296 g/mol. The van der Waals surface area contributed by atoms with Crippen molar-refractivity contribution in [1.29, 1.82) is 0 Å². The maximum Gasteiger partial charge on any atom is 0.202 e. The molecule has 3 nitrogen and oxygen atoms in total. The molecule has 0 aromatic heterocycles. The maximum absolute atomic E-state index is 12.9. The van der Waals surface area contributed by atoms with Crippen LogP contribution < -0.4 is 0 Å². The molecule has 1 N–H and O–H groups in total. The summed E-state index contributed by atoms with van der Waals surface area (Å²) in [6.07, 6.45) is 0. The van der Waals surface area contributed by atoms with Crippen LogP contribution in [0.3, 0.4) is 0 Å². The molecule has 2 aromatic carbocycles. The summed E-state index contributed by atoms with van der Waals surface area (Å²) in [4.78, 5) is 25.7. The van der Waals surface area contributed by atoms with Crippen molar-refractivity contribution in [1.82, 2.24) is 0 Å². The normalized spacial score (nSPS) is 12.0. The number of benzene rings is 2. The second-order valence-electron chi connectivity index (χ2n) is 6.35. The first-order valence-corrected chi connectivity index (χ1v) is 7.20. The third kappa shape index (κ3) is 2.72. The van der Waals surface area contributed by atoms with Crippen LogP contribution in [0.15, 0.2) is 60.7 Å². The molecule has 0 unspecified atom stereocenters. The molecular weight excluding hydrogens is 276 g/mol. The fourth-order valence-electron chi connectivity index (χ4n) is 2.38. The molecule has 2 rings (SSSR count). The van der Waals surface area contributed by atoms with Gasteiger partial charge in [-0.2, -0.15) is 0 Å². The number of hydrogen-bond acceptors (Lipinski definition) is 3. The van der Waals surface area contributed by atoms with Gasteiger partial charge >= 0.3 is 0 Å². The smallest absolute Gasteiger partial charge is 0.202 e. The van der Waals surface area contributed by atoms with Gasteiger partial charge in [0.05, 0.1) is 0 Å². The minimum absolute atomic E-state index is 0.323. The Labute approximate surface area is 130 Å². The number of ketones is 2. The Morgan fingerprint density at radius 3 is 1.32 bits per heavy atom. The van der Waals surface area contributed by atoms with Gasteiger partial charge in [0.1, 0.15) is 0 Å². The molecule has 0 radical (unpaired) electrons. The van der Waals surface area contributed by atoms with Crippen molar-refractivity contribution in [3.05, 3.63) is 71.8 Å². The fourth-order valence-corrected chi connectivity index (χ4v) is 2.38. The molecule has 2 aromatic rings. The van der Waals surface area contributed by atoms with Crippen molar-refractivity contribution >= 4 is 11.6 Å². The number of aliphatic hydroxyl groups is 1. The van der Waals surface area contributed by atoms with Crippen molar-refractivity contribution in [3.8, 4) is 0 Å². The summed E-state index contributed by atoms with van der Waals surface area (Å²) in [6.45, 7) is 5.07. The van der Waals surface area contributed by atoms with Crippen LogP contribution in [-0.4, -0.2) is 22.3 Å². The zero-order valence-electron chi connectivity index (χ0n) is 13.0. The Morgan fingerprint density at radius 2 is 1.05 bits per heavy atom. The van der Waals surface area contributed by atoms with Crippen LogP contribution in [0.4, 0.5) is 0 Å². The summed E-state index contributed by atoms with van der Waals surface area (Å²) in [5, 5.41) is 11.1. The van der Waals surface area contributed by atoms with Gasteiger partial charge in [-0.3, -0.25) is 9.59 Å². The van der Waals surface area contributed by atoms with Crippen molar-refractivity contribution in [2.24, 2.45) is 5.41 Å². The van der Waals surface area contributed by atoms with Gasteiger partial charge in [-0.1, -0.05) is 81.4 Å². The molecule has 0 aliphatic heterocycles. The molecule has 22 heavy (non-hydrogen) atoms. The number of Topliss-reactive ketones (excluding diaryl/α,β-unsaturated/α-hetero) is 2. The lowest BCUT2D eigenvalue weighted by molar-refractivity contribution is -0.0166. The molecule has 0 aliphatic rings. The second kappa shape index (κ2) is 5.85. The van der Waals surface area contributed by atoms with Gasteiger partial charge in [-0.05, 0) is 0 Å². The zero-order chi connectivity index (χ0) is 16.4. The van der Waals surface area contributed by atoms with Crippen molar-refractivity contribution in [3.63, 3.8) is 0 Å². The Bertz CT molecular complexity index is 615. The molecule has 0 spiro atoms. The van der Waals surface area contributed by atoms with Gasteiger partial charge < -0.3 is 5.11 Å². The topological polar surface area (TPSA) is 54.4 Å². The Kier molecular flexibility index (Phi) is 4.29. The lowest BCUT2D eigenvalue weighted by Crippen LogP contribution is -2.56. The van der Waals surface area contributed by atoms with E-state index >= 15 is 0 Å². The van der Waals surface area contributed by atoms with E-state index in [4.69, 9.17) is 0 Å². The van der Waals surface area contributed by atoms with Gasteiger partial charge in [0.25, 0.3) is 0 Å². The third-order valence-electron chi connectivity index (χ3n) is 3.81. The van der Waals surface area contributed by atoms with E-state index in [-0.39, 0.29) is 0 Å². The van der Waals surface area contributed by atoms with Crippen LogP contribution in [0.2, 0.25) is 0 Å². The molecule has 0 fully saturated rings. The largest absolute Gasteiger partial charge is 0.374 e. The number of carbonyl (C=O) groups excluding carboxylic acids is 2. The highest BCUT2D eigenvalue weighted by molar-refractivity contribution is 6.23. The van der Waals surface area contributed by atoms with Crippen LogP contribution in [0, 0.1) is 5.41 Å². The van der Waals surface area contributed by atoms with Gasteiger partial charge in [-0.15, -0.1) is 0 Å². The third-order valence-corrected chi connectivity index (χ3v) is 3.81. The van der Waals surface area contributed by atoms with E-state index in [2.05, 4.69) is 0 Å². The van der Waals surface area contributed by atoms with Crippen molar-refractivity contribution in [2.75, 3.05) is 0 Å². The van der Waals surface area contributed by atoms with Crippen LogP contribution in [-0.2, 0) is 0 Å². The molecule has 0 aliphatic carbocycles. The average molecular weight is 296 g/mol. The Morgan fingerprint density at radius 1 is 0.727 bits per heavy atom. The molecule has 0 amide bonds. The summed E-state index contributed by atoms with van der Waals surface area (Å²) in [6, 6.07) is 16.8. The Balaban J connectivity index is 2.55. The maximum atomic E-state index is 12.9. The molecule has 3 heteroatoms. The fraction of sp³-hybridized carbons (Fsp3) is 0.263. The SMILES string of the molecule is CC(C)(C)C(O)(C(=O)c1ccccc1)C(=O)c1ccccc1. The molecule has 0 saturated carbocycles. The Hall–Kier alpha value is -2.26. The van der Waals surface area contributed by atoms with Crippen molar-refractivity contribution < 1.29 is 14.7 Å². The van der Waals surface area contributed by atoms with Gasteiger partial charge in [0.15, 0.2) is 5.60 Å². The summed E-state index contributed by atoms with van der Waals surface area (Å²) in [5.74, 6) is -1.15. The first-order valence-electron chi connectivity index (χ1n) is 7.20. The lowest BCUT2D eigenvalue weighted by Gasteiger charge is -2.37. The lowest BCUT2D eigenvalue weighted by atomic mass is 9.68. The highest BCUT2D eigenvalue weighted by Gasteiger charge is 2.53. The number of hydrogen-bond donors (Lipinski definition) is 1. The van der Waals surface area contributed by atoms with E-state index in [1.54, 1.807) is 81.4 Å². The van der Waals surface area contributed by atoms with E-state index in [0.717, 1.165) is 0 Å². The van der Waals surface area contributed by atoms with Crippen molar-refractivity contribution in [2.45, 2.75) is 26.4 Å². The summed E-state index contributed by atoms with van der Waals surface area (Å²) < 4.78 is 0. The molecule has 0 atom stereocenters. The summed E-state index contributed by atoms with van der Waals surface area (Å²) in [7, 11) is 0. The van der Waals surface area contributed by atoms with Gasteiger partial charge in [0.2, 0.25) is 11.6 Å². The predicted octanol–water partition coefficient (Wildman–Crippen LogP) is 3.53. The zero-order valence-corrected chi connectivity index (χ0v) is 13.0. The van der Waals surface area contributed by atoms with Crippen LogP contribution >= 0.6 is 0 Å². The number of carbonyl (C=O) groups is 2. The van der Waals surface area contributed by atoms with Crippen LogP contribution in [0.1, 0.15) is 41.5 Å². The highest BCUT2D eigenvalue weighted by Crippen LogP contribution is 2.36. The van der Waals surface area contributed by atoms with Gasteiger partial charge in [0, 0.05) is 16.5 Å². The van der Waals surface area contributed by atoms with E-state index < -0.39 is 22.6 Å². The average Bonchev–Trinajstić information content (AvgIpc) is 2.53. The molecular formula is C19H20O3. The minimum Gasteiger partial charge on any atom is -0.374 e. The second-order valence-corrected chi connectivity index (χ2v) is 6.35. The highest BCUT2D eigenvalue weighted by atomic mass is 16.3. The van der Waals surface area contributed by atoms with Gasteiger partial charge in [-0.25, -0.2) is 0 Å². The van der Waals surface area contributed by atoms with Crippen LogP contribution in [0.25, 0.3) is 0 Å². The van der Waals surface area contributed by atoms with E-state index in [1.165, 1.54) is 0 Å². The molecule has 0 bridgehead atoms. The quantitative estimate of drug-likeness (QED) is 0.693. The summed E-state index contributed by atoms with van der Waals surface area (Å²) >= 11 is 0. The number of rotatable bonds is 4. The predicted molar refractivity (Wildman–Crippen MR) is 85.9 cm³/mol. The summed E-state index contributed by atoms with van der Waals surface area (Å²) in [5.41, 5.74) is -2.41. The van der Waals surface area contributed by atoms with E-state index in [0.29, 0.717) is 11.1 Å². The standard InChI is InChI=1S/C19H20O3/c1-18(2,3)19(22,16(20)14-10-6-4-7-11-14)17(21)15-12-8-5-9-13-15/h4-13,22H,1-3H3. The molecule has 0 saturated heterocycles. The molecule has 114 valence electrons. The minimum atomic E-state index is -2.12.